The number of carbonyl (C=O) groups excluding carboxylic acids is 1. The minimum atomic E-state index is -1.39. The zero-order valence-corrected chi connectivity index (χ0v) is 12.1. The number of carboxylic acid groups (broad SMARTS) is 1. The van der Waals surface area contributed by atoms with E-state index in [2.05, 4.69) is 10.6 Å². The topological polar surface area (TPSA) is 96.9 Å². The molecule has 0 bridgehead atoms. The molecule has 0 saturated carbocycles. The highest BCUT2D eigenvalue weighted by Gasteiger charge is 2.44. The summed E-state index contributed by atoms with van der Waals surface area (Å²) in [6.07, 6.45) is 0.222. The van der Waals surface area contributed by atoms with Crippen LogP contribution in [0, 0.1) is 0 Å². The number of benzene rings is 1. The quantitative estimate of drug-likeness (QED) is 0.786. The van der Waals surface area contributed by atoms with Crippen LogP contribution in [0.1, 0.15) is 6.42 Å². The molecule has 3 N–H and O–H groups in total. The summed E-state index contributed by atoms with van der Waals surface area (Å²) in [5.74, 6) is -0.713. The van der Waals surface area contributed by atoms with Crippen LogP contribution >= 0.6 is 11.6 Å². The van der Waals surface area contributed by atoms with Gasteiger partial charge >= 0.3 is 12.0 Å². The van der Waals surface area contributed by atoms with Crippen molar-refractivity contribution in [2.45, 2.75) is 12.0 Å². The van der Waals surface area contributed by atoms with Crippen LogP contribution in [-0.4, -0.2) is 43.0 Å². The van der Waals surface area contributed by atoms with Gasteiger partial charge in [-0.05, 0) is 12.1 Å². The number of urea groups is 1. The molecular weight excluding hydrogens is 300 g/mol. The van der Waals surface area contributed by atoms with Gasteiger partial charge in [0, 0.05) is 24.8 Å². The standard InChI is InChI=1S/C13H15ClN2O5/c1-20-10-6-8(2-3-9(10)14)15-12(19)16-13(11(17)18)4-5-21-7-13/h2-3,6H,4-5,7H2,1H3,(H,17,18)(H2,15,16,19). The first-order chi connectivity index (χ1) is 9.97. The van der Waals surface area contributed by atoms with Gasteiger partial charge in [-0.15, -0.1) is 0 Å². The van der Waals surface area contributed by atoms with Crippen LogP contribution in [0.5, 0.6) is 5.75 Å². The minimum Gasteiger partial charge on any atom is -0.495 e. The van der Waals surface area contributed by atoms with Gasteiger partial charge in [-0.25, -0.2) is 9.59 Å². The Morgan fingerprint density at radius 1 is 1.48 bits per heavy atom. The van der Waals surface area contributed by atoms with E-state index in [1.54, 1.807) is 18.2 Å². The molecule has 0 spiro atoms. The number of amides is 2. The normalized spacial score (nSPS) is 20.9. The van der Waals surface area contributed by atoms with Crippen LogP contribution in [0.15, 0.2) is 18.2 Å². The minimum absolute atomic E-state index is 0.0559. The molecule has 0 aromatic heterocycles. The molecule has 2 amide bonds. The molecule has 2 rings (SSSR count). The van der Waals surface area contributed by atoms with Gasteiger partial charge in [0.25, 0.3) is 0 Å². The Hall–Kier alpha value is -1.99. The third-order valence-electron chi connectivity index (χ3n) is 3.19. The van der Waals surface area contributed by atoms with E-state index >= 15 is 0 Å². The Labute approximate surface area is 126 Å². The maximum absolute atomic E-state index is 11.9. The van der Waals surface area contributed by atoms with E-state index in [0.717, 1.165) is 0 Å². The fourth-order valence-corrected chi connectivity index (χ4v) is 2.20. The van der Waals surface area contributed by atoms with Crippen LogP contribution in [0.3, 0.4) is 0 Å². The van der Waals surface area contributed by atoms with Crippen molar-refractivity contribution >= 4 is 29.3 Å². The number of hydrogen-bond acceptors (Lipinski definition) is 4. The number of nitrogens with one attached hydrogen (secondary N) is 2. The Morgan fingerprint density at radius 2 is 2.24 bits per heavy atom. The van der Waals surface area contributed by atoms with E-state index in [9.17, 15) is 14.7 Å². The van der Waals surface area contributed by atoms with Gasteiger partial charge in [0.05, 0.1) is 18.7 Å². The third-order valence-corrected chi connectivity index (χ3v) is 3.51. The lowest BCUT2D eigenvalue weighted by Gasteiger charge is -2.23. The molecule has 1 aromatic rings. The molecule has 1 aromatic carbocycles. The molecule has 0 aliphatic carbocycles. The Balaban J connectivity index is 2.06. The summed E-state index contributed by atoms with van der Waals surface area (Å²) in [5, 5.41) is 14.6. The number of rotatable bonds is 4. The maximum Gasteiger partial charge on any atom is 0.332 e. The molecular formula is C13H15ClN2O5. The molecule has 1 aliphatic heterocycles. The summed E-state index contributed by atoms with van der Waals surface area (Å²) < 4.78 is 10.1. The summed E-state index contributed by atoms with van der Waals surface area (Å²) in [6.45, 7) is 0.237. The SMILES string of the molecule is COc1cc(NC(=O)NC2(C(=O)O)CCOC2)ccc1Cl. The molecule has 8 heteroatoms. The molecule has 114 valence electrons. The molecule has 1 atom stereocenters. The van der Waals surface area contributed by atoms with Crippen LogP contribution in [0.2, 0.25) is 5.02 Å². The second-order valence-corrected chi connectivity index (χ2v) is 5.03. The molecule has 1 saturated heterocycles. The zero-order valence-electron chi connectivity index (χ0n) is 11.3. The highest BCUT2D eigenvalue weighted by molar-refractivity contribution is 6.32. The van der Waals surface area contributed by atoms with E-state index in [-0.39, 0.29) is 13.0 Å². The molecule has 1 fully saturated rings. The predicted molar refractivity (Wildman–Crippen MR) is 76.0 cm³/mol. The van der Waals surface area contributed by atoms with E-state index in [0.29, 0.717) is 23.1 Å². The molecule has 7 nitrogen and oxygen atoms in total. The van der Waals surface area contributed by atoms with Gasteiger partial charge in [-0.3, -0.25) is 0 Å². The fourth-order valence-electron chi connectivity index (χ4n) is 2.00. The highest BCUT2D eigenvalue weighted by Crippen LogP contribution is 2.27. The Morgan fingerprint density at radius 3 is 2.81 bits per heavy atom. The van der Waals surface area contributed by atoms with Crippen molar-refractivity contribution in [3.63, 3.8) is 0 Å². The van der Waals surface area contributed by atoms with Gasteiger partial charge in [0.2, 0.25) is 0 Å². The first-order valence-corrected chi connectivity index (χ1v) is 6.58. The summed E-state index contributed by atoms with van der Waals surface area (Å²) in [6, 6.07) is 4.07. The Kier molecular flexibility index (Phi) is 4.54. The van der Waals surface area contributed by atoms with Crippen molar-refractivity contribution in [1.82, 2.24) is 5.32 Å². The first kappa shape index (κ1) is 15.4. The van der Waals surface area contributed by atoms with Crippen molar-refractivity contribution in [3.8, 4) is 5.75 Å². The first-order valence-electron chi connectivity index (χ1n) is 6.21. The Bertz CT molecular complexity index is 557. The van der Waals surface area contributed by atoms with Gasteiger partial charge in [0.15, 0.2) is 5.54 Å². The van der Waals surface area contributed by atoms with E-state index in [1.165, 1.54) is 7.11 Å². The number of anilines is 1. The molecule has 0 radical (unpaired) electrons. The van der Waals surface area contributed by atoms with Gasteiger partial charge in [-0.2, -0.15) is 0 Å². The van der Waals surface area contributed by atoms with Crippen LogP contribution in [0.25, 0.3) is 0 Å². The van der Waals surface area contributed by atoms with E-state index < -0.39 is 17.5 Å². The summed E-state index contributed by atoms with van der Waals surface area (Å²) in [5.41, 5.74) is -0.950. The lowest BCUT2D eigenvalue weighted by molar-refractivity contribution is -0.144. The number of carbonyl (C=O) groups is 2. The highest BCUT2D eigenvalue weighted by atomic mass is 35.5. The monoisotopic (exact) mass is 314 g/mol. The summed E-state index contributed by atoms with van der Waals surface area (Å²) >= 11 is 5.89. The number of hydrogen-bond donors (Lipinski definition) is 3. The average Bonchev–Trinajstić information content (AvgIpc) is 2.90. The van der Waals surface area contributed by atoms with Gasteiger partial charge < -0.3 is 25.2 Å². The number of aliphatic carboxylic acids is 1. The second-order valence-electron chi connectivity index (χ2n) is 4.62. The number of halogens is 1. The zero-order chi connectivity index (χ0) is 15.5. The van der Waals surface area contributed by atoms with Crippen LogP contribution in [-0.2, 0) is 9.53 Å². The number of ether oxygens (including phenoxy) is 2. The second kappa shape index (κ2) is 6.19. The molecule has 1 unspecified atom stereocenters. The average molecular weight is 315 g/mol. The van der Waals surface area contributed by atoms with Crippen molar-refractivity contribution in [1.29, 1.82) is 0 Å². The van der Waals surface area contributed by atoms with E-state index in [1.807, 2.05) is 0 Å². The van der Waals surface area contributed by atoms with Crippen LogP contribution < -0.4 is 15.4 Å². The largest absolute Gasteiger partial charge is 0.495 e. The van der Waals surface area contributed by atoms with Gasteiger partial charge in [-0.1, -0.05) is 11.6 Å². The summed E-state index contributed by atoms with van der Waals surface area (Å²) in [4.78, 5) is 23.2. The van der Waals surface area contributed by atoms with Crippen molar-refractivity contribution in [3.05, 3.63) is 23.2 Å². The molecule has 1 aliphatic rings. The van der Waals surface area contributed by atoms with E-state index in [4.69, 9.17) is 21.1 Å². The van der Waals surface area contributed by atoms with Crippen molar-refractivity contribution in [2.24, 2.45) is 0 Å². The molecule has 21 heavy (non-hydrogen) atoms. The number of carboxylic acids is 1. The number of methoxy groups -OCH3 is 1. The third kappa shape index (κ3) is 3.37. The van der Waals surface area contributed by atoms with Crippen LogP contribution in [0.4, 0.5) is 10.5 Å². The lowest BCUT2D eigenvalue weighted by Crippen LogP contribution is -2.56. The smallest absolute Gasteiger partial charge is 0.332 e. The van der Waals surface area contributed by atoms with Crippen molar-refractivity contribution in [2.75, 3.05) is 25.6 Å². The van der Waals surface area contributed by atoms with Crippen molar-refractivity contribution < 1.29 is 24.2 Å². The maximum atomic E-state index is 11.9. The van der Waals surface area contributed by atoms with Gasteiger partial charge in [0.1, 0.15) is 5.75 Å². The summed E-state index contributed by atoms with van der Waals surface area (Å²) in [7, 11) is 1.46. The molecule has 1 heterocycles. The fraction of sp³-hybridized carbons (Fsp3) is 0.385. The predicted octanol–water partition coefficient (Wildman–Crippen LogP) is 1.71. The lowest BCUT2D eigenvalue weighted by atomic mass is 9.99.